The Hall–Kier alpha value is -2.28. The Bertz CT molecular complexity index is 789. The van der Waals surface area contributed by atoms with Crippen molar-refractivity contribution in [3.05, 3.63) is 59.9 Å². The summed E-state index contributed by atoms with van der Waals surface area (Å²) in [5.41, 5.74) is 1.15. The summed E-state index contributed by atoms with van der Waals surface area (Å²) >= 11 is 1.30. The van der Waals surface area contributed by atoms with Crippen LogP contribution in [0.3, 0.4) is 0 Å². The van der Waals surface area contributed by atoms with Crippen LogP contribution in [0.25, 0.3) is 11.4 Å². The van der Waals surface area contributed by atoms with Crippen LogP contribution in [0.4, 0.5) is 8.78 Å². The molecule has 0 atom stereocenters. The van der Waals surface area contributed by atoms with Crippen LogP contribution in [0.5, 0.6) is 0 Å². The third-order valence-electron chi connectivity index (χ3n) is 3.14. The van der Waals surface area contributed by atoms with Crippen molar-refractivity contribution in [2.45, 2.75) is 10.9 Å². The quantitative estimate of drug-likeness (QED) is 0.691. The van der Waals surface area contributed by atoms with Crippen molar-refractivity contribution in [2.75, 3.05) is 0 Å². The molecule has 2 heterocycles. The molecule has 3 rings (SSSR count). The van der Waals surface area contributed by atoms with E-state index in [1.807, 2.05) is 19.2 Å². The van der Waals surface area contributed by atoms with Crippen molar-refractivity contribution in [2.24, 2.45) is 7.05 Å². The Morgan fingerprint density at radius 2 is 2.00 bits per heavy atom. The van der Waals surface area contributed by atoms with Gasteiger partial charge >= 0.3 is 0 Å². The van der Waals surface area contributed by atoms with Gasteiger partial charge in [-0.25, -0.2) is 8.78 Å². The number of hydrogen-bond donors (Lipinski definition) is 0. The molecule has 0 aliphatic carbocycles. The van der Waals surface area contributed by atoms with Gasteiger partial charge in [0.05, 0.1) is 0 Å². The number of nitrogens with zero attached hydrogens (tertiary/aromatic N) is 4. The molecule has 0 spiro atoms. The highest BCUT2D eigenvalue weighted by atomic mass is 32.2. The molecule has 0 unspecified atom stereocenters. The van der Waals surface area contributed by atoms with Crippen molar-refractivity contribution >= 4 is 11.8 Å². The monoisotopic (exact) mass is 318 g/mol. The van der Waals surface area contributed by atoms with E-state index in [-0.39, 0.29) is 5.75 Å². The summed E-state index contributed by atoms with van der Waals surface area (Å²) in [6, 6.07) is 7.86. The summed E-state index contributed by atoms with van der Waals surface area (Å²) < 4.78 is 28.6. The average Bonchev–Trinajstić information content (AvgIpc) is 2.91. The molecule has 0 fully saturated rings. The second-order valence-electron chi connectivity index (χ2n) is 4.61. The topological polar surface area (TPSA) is 43.6 Å². The first-order valence-electron chi connectivity index (χ1n) is 6.52. The van der Waals surface area contributed by atoms with E-state index < -0.39 is 11.6 Å². The lowest BCUT2D eigenvalue weighted by atomic mass is 10.2. The molecule has 3 aromatic rings. The summed E-state index contributed by atoms with van der Waals surface area (Å²) in [6.07, 6.45) is 3.38. The molecule has 2 aromatic heterocycles. The van der Waals surface area contributed by atoms with Crippen molar-refractivity contribution < 1.29 is 8.78 Å². The summed E-state index contributed by atoms with van der Waals surface area (Å²) in [7, 11) is 1.83. The van der Waals surface area contributed by atoms with Gasteiger partial charge in [0.2, 0.25) is 0 Å². The number of thioether (sulfide) groups is 1. The van der Waals surface area contributed by atoms with Crippen molar-refractivity contribution in [1.29, 1.82) is 0 Å². The van der Waals surface area contributed by atoms with Gasteiger partial charge in [-0.3, -0.25) is 4.98 Å². The zero-order chi connectivity index (χ0) is 15.5. The van der Waals surface area contributed by atoms with Crippen LogP contribution in [0.15, 0.2) is 47.9 Å². The maximum Gasteiger partial charge on any atom is 0.191 e. The molecule has 0 aliphatic rings. The molecular weight excluding hydrogens is 306 g/mol. The molecule has 1 aromatic carbocycles. The molecule has 0 amide bonds. The highest BCUT2D eigenvalue weighted by molar-refractivity contribution is 7.98. The van der Waals surface area contributed by atoms with E-state index in [4.69, 9.17) is 0 Å². The Morgan fingerprint density at radius 3 is 2.77 bits per heavy atom. The summed E-state index contributed by atoms with van der Waals surface area (Å²) in [4.78, 5) is 4.05. The highest BCUT2D eigenvalue weighted by Crippen LogP contribution is 2.26. The third-order valence-corrected chi connectivity index (χ3v) is 4.21. The fourth-order valence-corrected chi connectivity index (χ4v) is 2.88. The second-order valence-corrected chi connectivity index (χ2v) is 5.55. The minimum absolute atomic E-state index is 0.280. The van der Waals surface area contributed by atoms with Gasteiger partial charge in [0.25, 0.3) is 0 Å². The number of hydrogen-bond acceptors (Lipinski definition) is 4. The lowest BCUT2D eigenvalue weighted by Gasteiger charge is -2.05. The summed E-state index contributed by atoms with van der Waals surface area (Å²) in [5.74, 6) is -0.699. The van der Waals surface area contributed by atoms with Crippen LogP contribution in [0, 0.1) is 11.6 Å². The minimum atomic E-state index is -0.841. The Labute approximate surface area is 130 Å². The molecule has 0 saturated carbocycles. The summed E-state index contributed by atoms with van der Waals surface area (Å²) in [5, 5.41) is 8.84. The van der Waals surface area contributed by atoms with Gasteiger partial charge < -0.3 is 4.57 Å². The first kappa shape index (κ1) is 14.6. The van der Waals surface area contributed by atoms with Gasteiger partial charge in [0, 0.05) is 36.3 Å². The second kappa shape index (κ2) is 6.23. The van der Waals surface area contributed by atoms with E-state index in [1.165, 1.54) is 17.8 Å². The molecule has 4 nitrogen and oxygen atoms in total. The van der Waals surface area contributed by atoms with Crippen LogP contribution >= 0.6 is 11.8 Å². The van der Waals surface area contributed by atoms with Gasteiger partial charge in [-0.15, -0.1) is 10.2 Å². The first-order valence-corrected chi connectivity index (χ1v) is 7.51. The lowest BCUT2D eigenvalue weighted by molar-refractivity contribution is 0.502. The van der Waals surface area contributed by atoms with Crippen molar-refractivity contribution in [3.63, 3.8) is 0 Å². The zero-order valence-electron chi connectivity index (χ0n) is 11.7. The van der Waals surface area contributed by atoms with E-state index in [1.54, 1.807) is 23.0 Å². The van der Waals surface area contributed by atoms with E-state index in [0.717, 1.165) is 11.6 Å². The number of pyridine rings is 1. The lowest BCUT2D eigenvalue weighted by Crippen LogP contribution is -1.96. The Balaban J connectivity index is 1.80. The average molecular weight is 318 g/mol. The maximum atomic E-state index is 13.6. The van der Waals surface area contributed by atoms with E-state index in [0.29, 0.717) is 16.5 Å². The van der Waals surface area contributed by atoms with Crippen LogP contribution in [0.1, 0.15) is 5.56 Å². The molecule has 22 heavy (non-hydrogen) atoms. The molecule has 7 heteroatoms. The SMILES string of the molecule is Cn1c(SCc2cccc(F)c2F)nnc1-c1cccnc1. The van der Waals surface area contributed by atoms with Crippen LogP contribution < -0.4 is 0 Å². The van der Waals surface area contributed by atoms with Crippen LogP contribution in [0.2, 0.25) is 0 Å². The predicted octanol–water partition coefficient (Wildman–Crippen LogP) is 3.45. The molecule has 0 N–H and O–H groups in total. The van der Waals surface area contributed by atoms with Gasteiger partial charge in [0.15, 0.2) is 22.6 Å². The number of halogens is 2. The van der Waals surface area contributed by atoms with E-state index in [2.05, 4.69) is 15.2 Å². The molecule has 112 valence electrons. The fourth-order valence-electron chi connectivity index (χ4n) is 1.99. The zero-order valence-corrected chi connectivity index (χ0v) is 12.5. The standard InChI is InChI=1S/C15H12F2N4S/c1-21-14(10-5-3-7-18-8-10)19-20-15(21)22-9-11-4-2-6-12(16)13(11)17/h2-8H,9H2,1H3. The fraction of sp³-hybridized carbons (Fsp3) is 0.133. The Morgan fingerprint density at radius 1 is 1.14 bits per heavy atom. The van der Waals surface area contributed by atoms with Crippen molar-refractivity contribution in [1.82, 2.24) is 19.7 Å². The van der Waals surface area contributed by atoms with Gasteiger partial charge in [-0.2, -0.15) is 0 Å². The molecule has 0 aliphatic heterocycles. The van der Waals surface area contributed by atoms with E-state index in [9.17, 15) is 8.78 Å². The molecular formula is C15H12F2N4S. The Kier molecular flexibility index (Phi) is 4.15. The number of benzene rings is 1. The van der Waals surface area contributed by atoms with Crippen LogP contribution in [-0.2, 0) is 12.8 Å². The van der Waals surface area contributed by atoms with Crippen LogP contribution in [-0.4, -0.2) is 19.7 Å². The van der Waals surface area contributed by atoms with Gasteiger partial charge in [0.1, 0.15) is 0 Å². The summed E-state index contributed by atoms with van der Waals surface area (Å²) in [6.45, 7) is 0. The minimum Gasteiger partial charge on any atom is -0.305 e. The third kappa shape index (κ3) is 2.85. The number of rotatable bonds is 4. The van der Waals surface area contributed by atoms with E-state index >= 15 is 0 Å². The maximum absolute atomic E-state index is 13.6. The normalized spacial score (nSPS) is 10.9. The first-order chi connectivity index (χ1) is 10.7. The van der Waals surface area contributed by atoms with Gasteiger partial charge in [-0.1, -0.05) is 23.9 Å². The van der Waals surface area contributed by atoms with Crippen molar-refractivity contribution in [3.8, 4) is 11.4 Å². The predicted molar refractivity (Wildman–Crippen MR) is 80.2 cm³/mol. The molecule has 0 saturated heterocycles. The molecule has 0 bridgehead atoms. The molecule has 0 radical (unpaired) electrons. The van der Waals surface area contributed by atoms with Gasteiger partial charge in [-0.05, 0) is 18.2 Å². The number of aromatic nitrogens is 4. The largest absolute Gasteiger partial charge is 0.305 e. The smallest absolute Gasteiger partial charge is 0.191 e. The highest BCUT2D eigenvalue weighted by Gasteiger charge is 2.13.